The number of ether oxygens (including phenoxy) is 1. The van der Waals surface area contributed by atoms with E-state index in [9.17, 15) is 26.3 Å². The molecule has 1 aliphatic carbocycles. The van der Waals surface area contributed by atoms with Crippen LogP contribution in [0.3, 0.4) is 0 Å². The summed E-state index contributed by atoms with van der Waals surface area (Å²) in [6.07, 6.45) is -3.71. The summed E-state index contributed by atoms with van der Waals surface area (Å²) in [7, 11) is 0. The minimum Gasteiger partial charge on any atom is -0.493 e. The number of rotatable bonds is 13. The van der Waals surface area contributed by atoms with E-state index in [1.54, 1.807) is 11.8 Å². The minimum absolute atomic E-state index is 0.0255. The summed E-state index contributed by atoms with van der Waals surface area (Å²) in [6, 6.07) is 5.86. The molecule has 1 aromatic carbocycles. The van der Waals surface area contributed by atoms with Crippen molar-refractivity contribution in [2.45, 2.75) is 77.0 Å². The fourth-order valence-electron chi connectivity index (χ4n) is 5.45. The number of aliphatic imine (C=N–C) groups is 1. The molecule has 0 bridgehead atoms. The van der Waals surface area contributed by atoms with Gasteiger partial charge in [-0.15, -0.1) is 11.6 Å². The highest BCUT2D eigenvalue weighted by atomic mass is 79.9. The second-order valence-corrected chi connectivity index (χ2v) is 12.2. The normalized spacial score (nSPS) is 20.3. The monoisotopic (exact) mass is 670 g/mol. The zero-order valence-corrected chi connectivity index (χ0v) is 25.9. The van der Waals surface area contributed by atoms with Crippen LogP contribution in [0.2, 0.25) is 0 Å². The molecule has 0 saturated heterocycles. The molecule has 41 heavy (non-hydrogen) atoms. The molecule has 1 aliphatic heterocycles. The maximum absolute atomic E-state index is 14.1. The fourth-order valence-corrected chi connectivity index (χ4v) is 6.18. The molecule has 3 nitrogen and oxygen atoms in total. The lowest BCUT2D eigenvalue weighted by Crippen LogP contribution is -2.42. The van der Waals surface area contributed by atoms with Crippen molar-refractivity contribution in [2.24, 2.45) is 22.7 Å². The van der Waals surface area contributed by atoms with Crippen molar-refractivity contribution in [1.82, 2.24) is 4.90 Å². The van der Waals surface area contributed by atoms with Crippen LogP contribution in [0.4, 0.5) is 26.3 Å². The Kier molecular flexibility index (Phi) is 12.1. The van der Waals surface area contributed by atoms with Gasteiger partial charge < -0.3 is 9.64 Å². The highest BCUT2D eigenvalue weighted by Gasteiger charge is 2.49. The molecule has 0 radical (unpaired) electrons. The van der Waals surface area contributed by atoms with Crippen LogP contribution in [0.25, 0.3) is 0 Å². The average molecular weight is 672 g/mol. The van der Waals surface area contributed by atoms with Crippen LogP contribution in [-0.2, 0) is 6.42 Å². The van der Waals surface area contributed by atoms with Crippen LogP contribution in [0.5, 0.6) is 5.75 Å². The lowest BCUT2D eigenvalue weighted by Gasteiger charge is -2.35. The van der Waals surface area contributed by atoms with Gasteiger partial charge in [0.25, 0.3) is 0 Å². The third-order valence-corrected chi connectivity index (χ3v) is 8.74. The summed E-state index contributed by atoms with van der Waals surface area (Å²) in [4.78, 5) is 6.44. The summed E-state index contributed by atoms with van der Waals surface area (Å²) in [6.45, 7) is 5.83. The van der Waals surface area contributed by atoms with E-state index >= 15 is 0 Å². The number of halogens is 8. The molecule has 2 aliphatic rings. The third-order valence-electron chi connectivity index (χ3n) is 7.81. The van der Waals surface area contributed by atoms with Crippen LogP contribution in [-0.4, -0.2) is 54.7 Å². The Morgan fingerprint density at radius 1 is 1.12 bits per heavy atom. The lowest BCUT2D eigenvalue weighted by atomic mass is 9.82. The van der Waals surface area contributed by atoms with E-state index in [-0.39, 0.29) is 18.3 Å². The number of amidine groups is 1. The molecular weight excluding hydrogens is 634 g/mol. The Bertz CT molecular complexity index is 1120. The molecule has 0 spiro atoms. The molecule has 0 saturated carbocycles. The predicted octanol–water partition coefficient (Wildman–Crippen LogP) is 9.54. The van der Waals surface area contributed by atoms with E-state index in [2.05, 4.69) is 20.9 Å². The maximum Gasteiger partial charge on any atom is 0.392 e. The van der Waals surface area contributed by atoms with Gasteiger partial charge in [-0.1, -0.05) is 55.3 Å². The van der Waals surface area contributed by atoms with Gasteiger partial charge in [-0.25, -0.2) is 0 Å². The molecular formula is C30H38BrClF6N2O. The van der Waals surface area contributed by atoms with Crippen molar-refractivity contribution in [1.29, 1.82) is 0 Å². The fraction of sp³-hybridized carbons (Fsp3) is 0.633. The van der Waals surface area contributed by atoms with Gasteiger partial charge in [0.2, 0.25) is 0 Å². The van der Waals surface area contributed by atoms with E-state index < -0.39 is 36.5 Å². The molecule has 3 rings (SSSR count). The van der Waals surface area contributed by atoms with Crippen molar-refractivity contribution >= 4 is 33.4 Å². The van der Waals surface area contributed by atoms with E-state index in [1.165, 1.54) is 0 Å². The number of allylic oxidation sites excluding steroid dienone is 2. The largest absolute Gasteiger partial charge is 0.493 e. The smallest absolute Gasteiger partial charge is 0.392 e. The third kappa shape index (κ3) is 9.15. The Morgan fingerprint density at radius 3 is 2.49 bits per heavy atom. The van der Waals surface area contributed by atoms with Gasteiger partial charge in [0.1, 0.15) is 11.6 Å². The van der Waals surface area contributed by atoms with Gasteiger partial charge in [-0.3, -0.25) is 4.99 Å². The van der Waals surface area contributed by atoms with E-state index in [4.69, 9.17) is 16.3 Å². The summed E-state index contributed by atoms with van der Waals surface area (Å²) in [5.41, 5.74) is 2.76. The van der Waals surface area contributed by atoms with E-state index in [1.807, 2.05) is 37.3 Å². The first-order chi connectivity index (χ1) is 19.3. The summed E-state index contributed by atoms with van der Waals surface area (Å²) >= 11 is 10.3. The molecule has 1 heterocycles. The van der Waals surface area contributed by atoms with Gasteiger partial charge >= 0.3 is 12.4 Å². The highest BCUT2D eigenvalue weighted by molar-refractivity contribution is 9.10. The van der Waals surface area contributed by atoms with Crippen molar-refractivity contribution in [3.05, 3.63) is 51.5 Å². The van der Waals surface area contributed by atoms with Crippen LogP contribution >= 0.6 is 27.5 Å². The lowest BCUT2D eigenvalue weighted by molar-refractivity contribution is -0.218. The molecule has 0 fully saturated rings. The summed E-state index contributed by atoms with van der Waals surface area (Å²) < 4.78 is 88.8. The minimum atomic E-state index is -4.74. The van der Waals surface area contributed by atoms with Crippen LogP contribution in [0.1, 0.15) is 58.4 Å². The summed E-state index contributed by atoms with van der Waals surface area (Å²) in [5.74, 6) is -3.76. The number of alkyl halides is 7. The van der Waals surface area contributed by atoms with Crippen molar-refractivity contribution in [3.63, 3.8) is 0 Å². The van der Waals surface area contributed by atoms with E-state index in [0.29, 0.717) is 44.8 Å². The zero-order valence-electron chi connectivity index (χ0n) is 23.6. The van der Waals surface area contributed by atoms with Gasteiger partial charge in [0, 0.05) is 23.1 Å². The van der Waals surface area contributed by atoms with Crippen molar-refractivity contribution < 1.29 is 31.1 Å². The first-order valence-electron chi connectivity index (χ1n) is 14.1. The standard InChI is InChI=1S/C30H38BrClF6N2O/c1-4-15-41-27-12-10-22(31)17-21(27)9-11-23-24(7-6-8-26(23)32)28-39-13-14-40(28)18-20(5-2)25(30(36,37)38)16-19(3)29(33,34)35/h6-7,10,12,17,19-20,25-26H,4-5,8-9,11,13-16,18H2,1-3H3. The molecule has 1 aromatic rings. The number of hydrogen-bond acceptors (Lipinski definition) is 3. The van der Waals surface area contributed by atoms with Gasteiger partial charge in [-0.2, -0.15) is 26.3 Å². The zero-order chi connectivity index (χ0) is 30.4. The molecule has 230 valence electrons. The molecule has 0 aromatic heterocycles. The van der Waals surface area contributed by atoms with Gasteiger partial charge in [-0.05, 0) is 67.4 Å². The quantitative estimate of drug-likeness (QED) is 0.154. The molecule has 11 heteroatoms. The maximum atomic E-state index is 14.1. The molecule has 4 atom stereocenters. The van der Waals surface area contributed by atoms with Crippen LogP contribution < -0.4 is 4.74 Å². The first-order valence-corrected chi connectivity index (χ1v) is 15.4. The number of hydrogen-bond donors (Lipinski definition) is 0. The number of aryl methyl sites for hydroxylation is 1. The summed E-state index contributed by atoms with van der Waals surface area (Å²) in [5, 5.41) is -0.301. The second kappa shape index (κ2) is 14.7. The highest BCUT2D eigenvalue weighted by Crippen LogP contribution is 2.43. The Balaban J connectivity index is 1.86. The topological polar surface area (TPSA) is 24.8 Å². The number of benzene rings is 1. The first kappa shape index (κ1) is 33.8. The molecule has 4 unspecified atom stereocenters. The van der Waals surface area contributed by atoms with Gasteiger partial charge in [0.15, 0.2) is 0 Å². The Labute approximate surface area is 252 Å². The van der Waals surface area contributed by atoms with Crippen molar-refractivity contribution in [2.75, 3.05) is 26.2 Å². The SMILES string of the molecule is CCCOc1ccc(Br)cc1CCC1=C(C2=NCCN2CC(CC)C(CC(C)C(F)(F)F)C(F)(F)F)C=CCC1Cl. The van der Waals surface area contributed by atoms with Crippen LogP contribution in [0, 0.1) is 17.8 Å². The Morgan fingerprint density at radius 2 is 1.85 bits per heavy atom. The van der Waals surface area contributed by atoms with Gasteiger partial charge in [0.05, 0.1) is 30.4 Å². The predicted molar refractivity (Wildman–Crippen MR) is 156 cm³/mol. The number of nitrogens with zero attached hydrogens (tertiary/aromatic N) is 2. The second-order valence-electron chi connectivity index (χ2n) is 10.8. The molecule has 0 N–H and O–H groups in total. The molecule has 0 amide bonds. The Hall–Kier alpha value is -1.68. The van der Waals surface area contributed by atoms with E-state index in [0.717, 1.165) is 40.3 Å². The van der Waals surface area contributed by atoms with Crippen molar-refractivity contribution in [3.8, 4) is 5.75 Å². The van der Waals surface area contributed by atoms with Crippen LogP contribution in [0.15, 0.2) is 51.0 Å². The average Bonchev–Trinajstić information content (AvgIpc) is 3.35.